The Bertz CT molecular complexity index is 594. The maximum Gasteiger partial charge on any atom is 0.191 e. The third-order valence-corrected chi connectivity index (χ3v) is 3.70. The van der Waals surface area contributed by atoms with Crippen LogP contribution in [0.3, 0.4) is 0 Å². The Kier molecular flexibility index (Phi) is 2.26. The highest BCUT2D eigenvalue weighted by Crippen LogP contribution is 2.50. The van der Waals surface area contributed by atoms with Crippen molar-refractivity contribution >= 4 is 11.5 Å². The smallest absolute Gasteiger partial charge is 0.191 e. The van der Waals surface area contributed by atoms with Crippen LogP contribution in [-0.4, -0.2) is 15.6 Å². The largest absolute Gasteiger partial charge is 0.399 e. The van der Waals surface area contributed by atoms with Gasteiger partial charge in [-0.15, -0.1) is 0 Å². The van der Waals surface area contributed by atoms with E-state index in [9.17, 15) is 4.79 Å². The Labute approximate surface area is 105 Å². The molecule has 2 aromatic rings. The Morgan fingerprint density at radius 3 is 2.44 bits per heavy atom. The number of aryl methyl sites for hydroxylation is 1. The van der Waals surface area contributed by atoms with Gasteiger partial charge >= 0.3 is 0 Å². The highest BCUT2D eigenvalue weighted by atomic mass is 16.1. The van der Waals surface area contributed by atoms with E-state index >= 15 is 0 Å². The molecular formula is C14H15N3O. The fourth-order valence-corrected chi connectivity index (χ4v) is 2.42. The van der Waals surface area contributed by atoms with Gasteiger partial charge in [-0.05, 0) is 36.6 Å². The number of benzene rings is 1. The summed E-state index contributed by atoms with van der Waals surface area (Å²) >= 11 is 0. The van der Waals surface area contributed by atoms with E-state index in [1.165, 1.54) is 0 Å². The fraction of sp³-hybridized carbons (Fsp3) is 0.286. The van der Waals surface area contributed by atoms with Crippen LogP contribution >= 0.6 is 0 Å². The average Bonchev–Trinajstić information content (AvgIpc) is 3.07. The van der Waals surface area contributed by atoms with Crippen LogP contribution in [0.4, 0.5) is 5.69 Å². The molecular weight excluding hydrogens is 226 g/mol. The third-order valence-electron chi connectivity index (χ3n) is 3.70. The number of hydrogen-bond donors (Lipinski definition) is 1. The molecule has 1 aliphatic rings. The van der Waals surface area contributed by atoms with Crippen LogP contribution in [0.5, 0.6) is 0 Å². The summed E-state index contributed by atoms with van der Waals surface area (Å²) in [6.07, 6.45) is 3.47. The van der Waals surface area contributed by atoms with Crippen LogP contribution in [0.25, 0.3) is 0 Å². The van der Waals surface area contributed by atoms with Crippen molar-refractivity contribution in [3.05, 3.63) is 47.8 Å². The monoisotopic (exact) mass is 241 g/mol. The lowest BCUT2D eigenvalue weighted by atomic mass is 9.89. The Morgan fingerprint density at radius 1 is 1.28 bits per heavy atom. The molecule has 1 heterocycles. The number of carbonyl (C=O) groups excluding carboxylic acids is 1. The van der Waals surface area contributed by atoms with E-state index in [0.29, 0.717) is 5.69 Å². The van der Waals surface area contributed by atoms with Gasteiger partial charge in [0.15, 0.2) is 5.78 Å². The van der Waals surface area contributed by atoms with Crippen molar-refractivity contribution in [2.45, 2.75) is 18.3 Å². The second kappa shape index (κ2) is 3.70. The van der Waals surface area contributed by atoms with Crippen molar-refractivity contribution in [2.75, 3.05) is 5.73 Å². The molecule has 0 amide bonds. The Morgan fingerprint density at radius 2 is 1.94 bits per heavy atom. The van der Waals surface area contributed by atoms with Gasteiger partial charge in [0.05, 0.1) is 5.41 Å². The summed E-state index contributed by atoms with van der Waals surface area (Å²) in [7, 11) is 1.80. The van der Waals surface area contributed by atoms with Gasteiger partial charge < -0.3 is 5.73 Å². The van der Waals surface area contributed by atoms with Crippen LogP contribution < -0.4 is 5.73 Å². The van der Waals surface area contributed by atoms with Crippen molar-refractivity contribution in [3.63, 3.8) is 0 Å². The van der Waals surface area contributed by atoms with Gasteiger partial charge in [-0.1, -0.05) is 12.1 Å². The molecule has 3 rings (SSSR count). The molecule has 0 saturated heterocycles. The van der Waals surface area contributed by atoms with Crippen LogP contribution in [0, 0.1) is 0 Å². The fourth-order valence-electron chi connectivity index (χ4n) is 2.42. The number of nitrogens with two attached hydrogens (primary N) is 1. The lowest BCUT2D eigenvalue weighted by Gasteiger charge is -2.14. The van der Waals surface area contributed by atoms with Crippen LogP contribution in [0.2, 0.25) is 0 Å². The predicted octanol–water partition coefficient (Wildman–Crippen LogP) is 1.92. The average molecular weight is 241 g/mol. The van der Waals surface area contributed by atoms with E-state index < -0.39 is 0 Å². The molecule has 4 heteroatoms. The van der Waals surface area contributed by atoms with Crippen molar-refractivity contribution in [1.82, 2.24) is 9.78 Å². The second-order valence-electron chi connectivity index (χ2n) is 4.87. The van der Waals surface area contributed by atoms with E-state index in [-0.39, 0.29) is 11.2 Å². The first-order valence-corrected chi connectivity index (χ1v) is 6.02. The molecule has 0 radical (unpaired) electrons. The maximum absolute atomic E-state index is 12.6. The lowest BCUT2D eigenvalue weighted by molar-refractivity contribution is 0.0936. The first kappa shape index (κ1) is 11.0. The summed E-state index contributed by atoms with van der Waals surface area (Å²) in [5, 5.41) is 4.06. The summed E-state index contributed by atoms with van der Waals surface area (Å²) in [5.41, 5.74) is 7.79. The third kappa shape index (κ3) is 1.53. The molecule has 0 bridgehead atoms. The first-order valence-electron chi connectivity index (χ1n) is 6.02. The molecule has 1 fully saturated rings. The molecule has 1 saturated carbocycles. The SMILES string of the molecule is Cn1nccc1C(=O)C1(c2ccc(N)cc2)CC1. The number of rotatable bonds is 3. The molecule has 4 nitrogen and oxygen atoms in total. The Balaban J connectivity index is 1.99. The van der Waals surface area contributed by atoms with E-state index in [1.807, 2.05) is 24.3 Å². The molecule has 18 heavy (non-hydrogen) atoms. The molecule has 0 aliphatic heterocycles. The minimum absolute atomic E-state index is 0.160. The highest BCUT2D eigenvalue weighted by molar-refractivity contribution is 6.05. The molecule has 2 N–H and O–H groups in total. The van der Waals surface area contributed by atoms with Crippen LogP contribution in [-0.2, 0) is 12.5 Å². The molecule has 1 aromatic carbocycles. The second-order valence-corrected chi connectivity index (χ2v) is 4.87. The highest BCUT2D eigenvalue weighted by Gasteiger charge is 2.51. The predicted molar refractivity (Wildman–Crippen MR) is 69.3 cm³/mol. The van der Waals surface area contributed by atoms with Gasteiger partial charge in [-0.25, -0.2) is 0 Å². The van der Waals surface area contributed by atoms with Crippen molar-refractivity contribution in [2.24, 2.45) is 7.05 Å². The van der Waals surface area contributed by atoms with Crippen molar-refractivity contribution in [1.29, 1.82) is 0 Å². The van der Waals surface area contributed by atoms with Crippen LogP contribution in [0.15, 0.2) is 36.5 Å². The quantitative estimate of drug-likeness (QED) is 0.659. The molecule has 0 unspecified atom stereocenters. The van der Waals surface area contributed by atoms with Crippen molar-refractivity contribution in [3.8, 4) is 0 Å². The molecule has 1 aliphatic carbocycles. The number of carbonyl (C=O) groups is 1. The van der Waals surface area contributed by atoms with Gasteiger partial charge in [0, 0.05) is 18.9 Å². The van der Waals surface area contributed by atoms with E-state index in [0.717, 1.165) is 24.1 Å². The number of aromatic nitrogens is 2. The van der Waals surface area contributed by atoms with E-state index in [2.05, 4.69) is 5.10 Å². The Hall–Kier alpha value is -2.10. The van der Waals surface area contributed by atoms with Gasteiger partial charge in [0.2, 0.25) is 0 Å². The first-order chi connectivity index (χ1) is 8.63. The minimum Gasteiger partial charge on any atom is -0.399 e. The van der Waals surface area contributed by atoms with E-state index in [4.69, 9.17) is 5.73 Å². The molecule has 1 aromatic heterocycles. The number of anilines is 1. The summed E-state index contributed by atoms with van der Waals surface area (Å²) in [6, 6.07) is 9.39. The maximum atomic E-state index is 12.6. The zero-order valence-corrected chi connectivity index (χ0v) is 10.3. The minimum atomic E-state index is -0.346. The van der Waals surface area contributed by atoms with Gasteiger partial charge in [-0.2, -0.15) is 5.10 Å². The number of nitrogen functional groups attached to an aromatic ring is 1. The standard InChI is InChI=1S/C14H15N3O/c1-17-12(6-9-16-17)13(18)14(7-8-14)10-2-4-11(15)5-3-10/h2-6,9H,7-8,15H2,1H3. The molecule has 0 spiro atoms. The summed E-state index contributed by atoms with van der Waals surface area (Å²) < 4.78 is 1.64. The van der Waals surface area contributed by atoms with Crippen molar-refractivity contribution < 1.29 is 4.79 Å². The number of Topliss-reactive ketones (excluding diaryl/α,β-unsaturated/α-hetero) is 1. The lowest BCUT2D eigenvalue weighted by Crippen LogP contribution is -2.23. The van der Waals surface area contributed by atoms with Gasteiger partial charge in [-0.3, -0.25) is 9.48 Å². The van der Waals surface area contributed by atoms with Gasteiger partial charge in [0.1, 0.15) is 5.69 Å². The van der Waals surface area contributed by atoms with Gasteiger partial charge in [0.25, 0.3) is 0 Å². The number of ketones is 1. The number of nitrogens with zero attached hydrogens (tertiary/aromatic N) is 2. The zero-order chi connectivity index (χ0) is 12.8. The normalized spacial score (nSPS) is 16.5. The number of hydrogen-bond acceptors (Lipinski definition) is 3. The summed E-state index contributed by atoms with van der Waals surface area (Å²) in [5.74, 6) is 0.160. The topological polar surface area (TPSA) is 60.9 Å². The summed E-state index contributed by atoms with van der Waals surface area (Å²) in [6.45, 7) is 0. The molecule has 0 atom stereocenters. The molecule has 92 valence electrons. The van der Waals surface area contributed by atoms with E-state index in [1.54, 1.807) is 24.0 Å². The summed E-state index contributed by atoms with van der Waals surface area (Å²) in [4.78, 5) is 12.6. The van der Waals surface area contributed by atoms with Crippen LogP contribution in [0.1, 0.15) is 28.9 Å². The zero-order valence-electron chi connectivity index (χ0n) is 10.3.